The number of hydrogen-bond donors (Lipinski definition) is 2. The van der Waals surface area contributed by atoms with Crippen molar-refractivity contribution < 1.29 is 23.1 Å². The Morgan fingerprint density at radius 2 is 1.90 bits per heavy atom. The lowest BCUT2D eigenvalue weighted by Gasteiger charge is -2.11. The molecule has 1 amide bonds. The second kappa shape index (κ2) is 5.57. The van der Waals surface area contributed by atoms with E-state index in [-0.39, 0.29) is 10.8 Å². The minimum absolute atomic E-state index is 0.207. The summed E-state index contributed by atoms with van der Waals surface area (Å²) in [6.07, 6.45) is -2.15. The highest BCUT2D eigenvalue weighted by Gasteiger charge is 2.31. The maximum Gasteiger partial charge on any atom is 0.416 e. The summed E-state index contributed by atoms with van der Waals surface area (Å²) in [5, 5.41) is 11.4. The van der Waals surface area contributed by atoms with Crippen LogP contribution >= 0.6 is 11.6 Å². The molecule has 0 bridgehead atoms. The van der Waals surface area contributed by atoms with E-state index in [1.165, 1.54) is 12.4 Å². The molecule has 110 valence electrons. The largest absolute Gasteiger partial charge is 0.506 e. The number of anilines is 1. The Labute approximate surface area is 121 Å². The van der Waals surface area contributed by atoms with E-state index in [1.54, 1.807) is 0 Å². The van der Waals surface area contributed by atoms with E-state index < -0.39 is 29.1 Å². The second-order valence-electron chi connectivity index (χ2n) is 3.88. The fourth-order valence-electron chi connectivity index (χ4n) is 1.47. The van der Waals surface area contributed by atoms with Crippen LogP contribution in [0.15, 0.2) is 30.6 Å². The Bertz CT molecular complexity index is 692. The number of phenolic OH excluding ortho intramolecular Hbond substituents is 1. The Kier molecular flexibility index (Phi) is 3.99. The van der Waals surface area contributed by atoms with Crippen molar-refractivity contribution in [2.45, 2.75) is 6.18 Å². The lowest BCUT2D eigenvalue weighted by molar-refractivity contribution is -0.137. The lowest BCUT2D eigenvalue weighted by Crippen LogP contribution is -2.15. The monoisotopic (exact) mass is 317 g/mol. The topological polar surface area (TPSA) is 75.1 Å². The molecule has 0 fully saturated rings. The van der Waals surface area contributed by atoms with Crippen LogP contribution in [0.4, 0.5) is 18.9 Å². The summed E-state index contributed by atoms with van der Waals surface area (Å²) in [6.45, 7) is 0. The van der Waals surface area contributed by atoms with Gasteiger partial charge < -0.3 is 10.4 Å². The average molecular weight is 318 g/mol. The summed E-state index contributed by atoms with van der Waals surface area (Å²) >= 11 is 5.65. The summed E-state index contributed by atoms with van der Waals surface area (Å²) in [7, 11) is 0. The van der Waals surface area contributed by atoms with Crippen LogP contribution in [0.3, 0.4) is 0 Å². The third-order valence-corrected chi connectivity index (χ3v) is 2.72. The van der Waals surface area contributed by atoms with Crippen LogP contribution in [0.5, 0.6) is 5.75 Å². The third kappa shape index (κ3) is 3.40. The summed E-state index contributed by atoms with van der Waals surface area (Å²) in [4.78, 5) is 19.1. The van der Waals surface area contributed by atoms with Crippen LogP contribution in [0, 0.1) is 0 Å². The van der Waals surface area contributed by atoms with Crippen LogP contribution in [0.1, 0.15) is 16.1 Å². The predicted molar refractivity (Wildman–Crippen MR) is 68.1 cm³/mol. The number of rotatable bonds is 2. The lowest BCUT2D eigenvalue weighted by atomic mass is 10.1. The van der Waals surface area contributed by atoms with Gasteiger partial charge in [-0.3, -0.25) is 4.79 Å². The molecule has 1 aromatic heterocycles. The first-order valence-corrected chi connectivity index (χ1v) is 5.85. The van der Waals surface area contributed by atoms with Gasteiger partial charge >= 0.3 is 6.18 Å². The molecule has 1 aromatic carbocycles. The van der Waals surface area contributed by atoms with E-state index in [1.807, 2.05) is 0 Å². The molecule has 0 spiro atoms. The van der Waals surface area contributed by atoms with Gasteiger partial charge in [0, 0.05) is 12.4 Å². The normalized spacial score (nSPS) is 11.2. The maximum absolute atomic E-state index is 12.6. The summed E-state index contributed by atoms with van der Waals surface area (Å²) < 4.78 is 37.8. The van der Waals surface area contributed by atoms with E-state index in [2.05, 4.69) is 15.3 Å². The molecule has 0 aliphatic carbocycles. The van der Waals surface area contributed by atoms with Gasteiger partial charge in [0.1, 0.15) is 5.75 Å². The van der Waals surface area contributed by atoms with Crippen molar-refractivity contribution in [3.8, 4) is 5.75 Å². The highest BCUT2D eigenvalue weighted by atomic mass is 35.5. The number of alkyl halides is 3. The Balaban J connectivity index is 2.31. The molecule has 0 saturated carbocycles. The number of aromatic nitrogens is 2. The molecule has 0 aliphatic heterocycles. The van der Waals surface area contributed by atoms with Crippen molar-refractivity contribution in [3.05, 3.63) is 47.0 Å². The first-order valence-electron chi connectivity index (χ1n) is 5.47. The molecule has 5 nitrogen and oxygen atoms in total. The van der Waals surface area contributed by atoms with E-state index in [4.69, 9.17) is 11.6 Å². The van der Waals surface area contributed by atoms with Gasteiger partial charge in [0.05, 0.1) is 11.3 Å². The number of nitrogens with one attached hydrogen (secondary N) is 1. The van der Waals surface area contributed by atoms with Gasteiger partial charge in [-0.25, -0.2) is 9.97 Å². The molecule has 9 heteroatoms. The summed E-state index contributed by atoms with van der Waals surface area (Å²) in [5.74, 6) is -1.40. The number of nitrogens with zero attached hydrogens (tertiary/aromatic N) is 2. The molecule has 0 saturated heterocycles. The van der Waals surface area contributed by atoms with Crippen molar-refractivity contribution in [2.24, 2.45) is 0 Å². The molecule has 0 radical (unpaired) electrons. The number of halogens is 4. The minimum atomic E-state index is -4.60. The van der Waals surface area contributed by atoms with Crippen molar-refractivity contribution in [2.75, 3.05) is 5.32 Å². The predicted octanol–water partition coefficient (Wildman–Crippen LogP) is 3.11. The van der Waals surface area contributed by atoms with E-state index >= 15 is 0 Å². The quantitative estimate of drug-likeness (QED) is 0.835. The van der Waals surface area contributed by atoms with Crippen molar-refractivity contribution in [1.82, 2.24) is 9.97 Å². The zero-order valence-corrected chi connectivity index (χ0v) is 10.9. The first kappa shape index (κ1) is 15.0. The van der Waals surface area contributed by atoms with E-state index in [0.29, 0.717) is 12.1 Å². The fraction of sp³-hybridized carbons (Fsp3) is 0.0833. The summed E-state index contributed by atoms with van der Waals surface area (Å²) in [6, 6.07) is 2.13. The molecule has 0 atom stereocenters. The molecule has 2 rings (SSSR count). The van der Waals surface area contributed by atoms with Crippen LogP contribution in [-0.4, -0.2) is 21.0 Å². The van der Waals surface area contributed by atoms with Crippen molar-refractivity contribution in [1.29, 1.82) is 0 Å². The average Bonchev–Trinajstić information content (AvgIpc) is 2.40. The van der Waals surface area contributed by atoms with Gasteiger partial charge in [-0.05, 0) is 18.2 Å². The van der Waals surface area contributed by atoms with Crippen LogP contribution in [0.25, 0.3) is 0 Å². The van der Waals surface area contributed by atoms with Crippen molar-refractivity contribution in [3.63, 3.8) is 0 Å². The smallest absolute Gasteiger partial charge is 0.416 e. The number of carbonyl (C=O) groups excluding carboxylic acids is 1. The van der Waals surface area contributed by atoms with Crippen LogP contribution in [-0.2, 0) is 6.18 Å². The number of phenols is 1. The van der Waals surface area contributed by atoms with E-state index in [9.17, 15) is 23.1 Å². The number of amides is 1. The van der Waals surface area contributed by atoms with Gasteiger partial charge in [0.15, 0.2) is 10.8 Å². The molecular weight excluding hydrogens is 311 g/mol. The Morgan fingerprint density at radius 3 is 2.52 bits per heavy atom. The maximum atomic E-state index is 12.6. The van der Waals surface area contributed by atoms with Gasteiger partial charge in [-0.15, -0.1) is 0 Å². The number of benzene rings is 1. The van der Waals surface area contributed by atoms with Gasteiger partial charge in [-0.1, -0.05) is 11.6 Å². The van der Waals surface area contributed by atoms with Crippen molar-refractivity contribution >= 4 is 23.2 Å². The molecule has 2 aromatic rings. The molecule has 2 N–H and O–H groups in total. The Hall–Kier alpha value is -2.35. The second-order valence-corrected chi connectivity index (χ2v) is 4.24. The Morgan fingerprint density at radius 1 is 1.24 bits per heavy atom. The zero-order valence-electron chi connectivity index (χ0n) is 10.1. The molecular formula is C12H7ClF3N3O2. The molecule has 1 heterocycles. The van der Waals surface area contributed by atoms with Crippen LogP contribution < -0.4 is 5.32 Å². The number of hydrogen-bond acceptors (Lipinski definition) is 4. The van der Waals surface area contributed by atoms with Gasteiger partial charge in [0.25, 0.3) is 5.91 Å². The first-order chi connectivity index (χ1) is 9.79. The highest BCUT2D eigenvalue weighted by molar-refractivity contribution is 6.32. The number of aromatic hydroxyl groups is 1. The molecule has 0 unspecified atom stereocenters. The minimum Gasteiger partial charge on any atom is -0.506 e. The SMILES string of the molecule is O=C(Nc1cc(C(F)(F)F)ccc1O)c1nccnc1Cl. The van der Waals surface area contributed by atoms with E-state index in [0.717, 1.165) is 6.07 Å². The number of carbonyl (C=O) groups is 1. The molecule has 0 aliphatic rings. The third-order valence-electron chi connectivity index (χ3n) is 2.44. The van der Waals surface area contributed by atoms with Gasteiger partial charge in [-0.2, -0.15) is 13.2 Å². The van der Waals surface area contributed by atoms with Gasteiger partial charge in [0.2, 0.25) is 0 Å². The fourth-order valence-corrected chi connectivity index (χ4v) is 1.66. The molecule has 21 heavy (non-hydrogen) atoms. The van der Waals surface area contributed by atoms with Crippen LogP contribution in [0.2, 0.25) is 5.15 Å². The zero-order chi connectivity index (χ0) is 15.6. The summed E-state index contributed by atoms with van der Waals surface area (Å²) in [5.41, 5.74) is -1.69. The standard InChI is InChI=1S/C12H7ClF3N3O2/c13-10-9(17-3-4-18-10)11(21)19-7-5-6(12(14,15)16)1-2-8(7)20/h1-5,20H,(H,19,21). The highest BCUT2D eigenvalue weighted by Crippen LogP contribution is 2.34.